The maximum Gasteiger partial charge on any atom is 0.232 e. The first-order valence-electron chi connectivity index (χ1n) is 9.23. The Labute approximate surface area is 150 Å². The van der Waals surface area contributed by atoms with Gasteiger partial charge in [0, 0.05) is 35.9 Å². The fourth-order valence-corrected chi connectivity index (χ4v) is 3.86. The molecular weight excluding hydrogens is 318 g/mol. The zero-order valence-corrected chi connectivity index (χ0v) is 16.2. The van der Waals surface area contributed by atoms with Crippen molar-refractivity contribution >= 4 is 5.96 Å². The van der Waals surface area contributed by atoms with Gasteiger partial charge in [-0.1, -0.05) is 39.8 Å². The zero-order chi connectivity index (χ0) is 18.2. The van der Waals surface area contributed by atoms with Gasteiger partial charge in [-0.25, -0.2) is 4.99 Å². The summed E-state index contributed by atoms with van der Waals surface area (Å²) in [5.41, 5.74) is -0.0337. The summed E-state index contributed by atoms with van der Waals surface area (Å²) in [7, 11) is 0. The minimum atomic E-state index is -0.148. The molecule has 3 rings (SSSR count). The third-order valence-corrected chi connectivity index (χ3v) is 5.23. The summed E-state index contributed by atoms with van der Waals surface area (Å²) < 4.78 is 11.2. The van der Waals surface area contributed by atoms with Crippen LogP contribution in [-0.4, -0.2) is 41.4 Å². The van der Waals surface area contributed by atoms with E-state index in [0.717, 1.165) is 25.5 Å². The number of hydrogen-bond acceptors (Lipinski definition) is 5. The molecule has 0 bridgehead atoms. The molecule has 1 saturated carbocycles. The first kappa shape index (κ1) is 18.2. The van der Waals surface area contributed by atoms with Crippen LogP contribution in [0.5, 0.6) is 0 Å². The van der Waals surface area contributed by atoms with Crippen molar-refractivity contribution in [3.63, 3.8) is 0 Å². The summed E-state index contributed by atoms with van der Waals surface area (Å²) in [5.74, 6) is 2.61. The molecule has 1 aliphatic heterocycles. The summed E-state index contributed by atoms with van der Waals surface area (Å²) in [6, 6.07) is 0.369. The number of hydrogen-bond donors (Lipinski definition) is 2. The Balaban J connectivity index is 1.66. The monoisotopic (exact) mass is 349 g/mol. The number of fused-ring (bicyclic) bond motifs is 1. The number of rotatable bonds is 4. The SMILES string of the molecule is CCNC(=NCc1noc(C(C)(C)C)n1)NC1C2CCOC2C1(C)C. The topological polar surface area (TPSA) is 84.6 Å². The molecule has 0 aromatic carbocycles. The molecule has 1 aliphatic carbocycles. The summed E-state index contributed by atoms with van der Waals surface area (Å²) >= 11 is 0. The minimum Gasteiger partial charge on any atom is -0.377 e. The van der Waals surface area contributed by atoms with Gasteiger partial charge in [0.1, 0.15) is 6.54 Å². The van der Waals surface area contributed by atoms with Crippen molar-refractivity contribution in [3.05, 3.63) is 11.7 Å². The van der Waals surface area contributed by atoms with Gasteiger partial charge in [0.15, 0.2) is 11.8 Å². The van der Waals surface area contributed by atoms with E-state index >= 15 is 0 Å². The van der Waals surface area contributed by atoms with Crippen LogP contribution in [0.15, 0.2) is 9.52 Å². The van der Waals surface area contributed by atoms with Crippen LogP contribution in [0.2, 0.25) is 0 Å². The van der Waals surface area contributed by atoms with Gasteiger partial charge in [0.05, 0.1) is 6.10 Å². The highest BCUT2D eigenvalue weighted by Crippen LogP contribution is 2.52. The summed E-state index contributed by atoms with van der Waals surface area (Å²) in [6.07, 6.45) is 1.48. The van der Waals surface area contributed by atoms with E-state index in [4.69, 9.17) is 9.26 Å². The van der Waals surface area contributed by atoms with Crippen molar-refractivity contribution in [1.82, 2.24) is 20.8 Å². The van der Waals surface area contributed by atoms with Crippen molar-refractivity contribution in [1.29, 1.82) is 0 Å². The molecule has 25 heavy (non-hydrogen) atoms. The van der Waals surface area contributed by atoms with Crippen LogP contribution in [0.4, 0.5) is 0 Å². The van der Waals surface area contributed by atoms with Gasteiger partial charge in [-0.15, -0.1) is 0 Å². The van der Waals surface area contributed by atoms with Crippen LogP contribution in [0.25, 0.3) is 0 Å². The molecule has 2 fully saturated rings. The normalized spacial score (nSPS) is 28.4. The van der Waals surface area contributed by atoms with Gasteiger partial charge >= 0.3 is 0 Å². The highest BCUT2D eigenvalue weighted by atomic mass is 16.5. The van der Waals surface area contributed by atoms with E-state index in [1.54, 1.807) is 0 Å². The number of nitrogens with zero attached hydrogens (tertiary/aromatic N) is 3. The lowest BCUT2D eigenvalue weighted by atomic mass is 9.57. The molecule has 1 aromatic heterocycles. The number of nitrogens with one attached hydrogen (secondary N) is 2. The quantitative estimate of drug-likeness (QED) is 0.640. The molecule has 0 radical (unpaired) electrons. The summed E-state index contributed by atoms with van der Waals surface area (Å²) in [6.45, 7) is 14.8. The van der Waals surface area contributed by atoms with Gasteiger partial charge in [-0.05, 0) is 13.3 Å². The predicted molar refractivity (Wildman–Crippen MR) is 96.4 cm³/mol. The second kappa shape index (κ2) is 6.59. The molecule has 0 amide bonds. The Hall–Kier alpha value is -1.63. The van der Waals surface area contributed by atoms with Gasteiger partial charge < -0.3 is 19.9 Å². The average molecular weight is 349 g/mol. The highest BCUT2D eigenvalue weighted by Gasteiger charge is 2.59. The largest absolute Gasteiger partial charge is 0.377 e. The molecule has 3 atom stereocenters. The molecule has 1 aromatic rings. The molecule has 2 N–H and O–H groups in total. The van der Waals surface area contributed by atoms with Crippen molar-refractivity contribution in [2.75, 3.05) is 13.2 Å². The van der Waals surface area contributed by atoms with Crippen LogP contribution < -0.4 is 10.6 Å². The number of aromatic nitrogens is 2. The molecule has 2 heterocycles. The maximum atomic E-state index is 5.87. The van der Waals surface area contributed by atoms with Gasteiger partial charge in [-0.3, -0.25) is 0 Å². The van der Waals surface area contributed by atoms with Crippen LogP contribution in [-0.2, 0) is 16.7 Å². The Kier molecular flexibility index (Phi) is 4.79. The highest BCUT2D eigenvalue weighted by molar-refractivity contribution is 5.80. The molecule has 1 saturated heterocycles. The van der Waals surface area contributed by atoms with Crippen molar-refractivity contribution in [2.45, 2.75) is 72.1 Å². The predicted octanol–water partition coefficient (Wildman–Crippen LogP) is 2.24. The number of aliphatic imine (C=N–C) groups is 1. The standard InChI is InChI=1S/C18H31N5O2/c1-7-19-16(20-10-12-21-15(25-23-12)17(2,3)4)22-13-11-8-9-24-14(11)18(13,5)6/h11,13-14H,7-10H2,1-6H3,(H2,19,20,22). The van der Waals surface area contributed by atoms with E-state index in [1.807, 2.05) is 0 Å². The average Bonchev–Trinajstić information content (AvgIpc) is 3.17. The van der Waals surface area contributed by atoms with Crippen LogP contribution in [0, 0.1) is 11.3 Å². The van der Waals surface area contributed by atoms with E-state index in [1.165, 1.54) is 0 Å². The fraction of sp³-hybridized carbons (Fsp3) is 0.833. The van der Waals surface area contributed by atoms with E-state index in [0.29, 0.717) is 36.3 Å². The van der Waals surface area contributed by atoms with Crippen molar-refractivity contribution < 1.29 is 9.26 Å². The lowest BCUT2D eigenvalue weighted by Crippen LogP contribution is -2.67. The second-order valence-electron chi connectivity index (χ2n) is 8.65. The van der Waals surface area contributed by atoms with Crippen molar-refractivity contribution in [3.8, 4) is 0 Å². The van der Waals surface area contributed by atoms with E-state index in [2.05, 4.69) is 67.3 Å². The summed E-state index contributed by atoms with van der Waals surface area (Å²) in [5, 5.41) is 11.0. The van der Waals surface area contributed by atoms with Crippen LogP contribution in [0.1, 0.15) is 59.7 Å². The molecule has 0 spiro atoms. The third kappa shape index (κ3) is 3.52. The van der Waals surface area contributed by atoms with Crippen molar-refractivity contribution in [2.24, 2.45) is 16.3 Å². The number of ether oxygens (including phenoxy) is 1. The molecule has 2 aliphatic rings. The Bertz CT molecular complexity index is 632. The summed E-state index contributed by atoms with van der Waals surface area (Å²) in [4.78, 5) is 9.10. The van der Waals surface area contributed by atoms with E-state index in [-0.39, 0.29) is 10.8 Å². The van der Waals surface area contributed by atoms with E-state index < -0.39 is 0 Å². The lowest BCUT2D eigenvalue weighted by molar-refractivity contribution is -0.106. The molecular formula is C18H31N5O2. The molecule has 3 unspecified atom stereocenters. The Morgan fingerprint density at radius 1 is 1.36 bits per heavy atom. The van der Waals surface area contributed by atoms with Gasteiger partial charge in [0.2, 0.25) is 5.89 Å². The second-order valence-corrected chi connectivity index (χ2v) is 8.65. The van der Waals surface area contributed by atoms with Crippen LogP contribution in [0.3, 0.4) is 0 Å². The Morgan fingerprint density at radius 2 is 2.12 bits per heavy atom. The maximum absolute atomic E-state index is 5.87. The smallest absolute Gasteiger partial charge is 0.232 e. The number of guanidine groups is 1. The minimum absolute atomic E-state index is 0.114. The first-order chi connectivity index (χ1) is 11.7. The molecule has 7 nitrogen and oxygen atoms in total. The lowest BCUT2D eigenvalue weighted by Gasteiger charge is -2.54. The Morgan fingerprint density at radius 3 is 2.76 bits per heavy atom. The third-order valence-electron chi connectivity index (χ3n) is 5.23. The molecule has 140 valence electrons. The zero-order valence-electron chi connectivity index (χ0n) is 16.2. The van der Waals surface area contributed by atoms with Gasteiger partial charge in [0.25, 0.3) is 0 Å². The van der Waals surface area contributed by atoms with Crippen LogP contribution >= 0.6 is 0 Å². The first-order valence-corrected chi connectivity index (χ1v) is 9.23. The van der Waals surface area contributed by atoms with E-state index in [9.17, 15) is 0 Å². The fourth-order valence-electron chi connectivity index (χ4n) is 3.86. The van der Waals surface area contributed by atoms with Gasteiger partial charge in [-0.2, -0.15) is 4.98 Å². The molecule has 7 heteroatoms.